The van der Waals surface area contributed by atoms with E-state index in [9.17, 15) is 4.79 Å². The van der Waals surface area contributed by atoms with E-state index < -0.39 is 0 Å². The highest BCUT2D eigenvalue weighted by Crippen LogP contribution is 2.28. The van der Waals surface area contributed by atoms with Crippen LogP contribution in [0.2, 0.25) is 0 Å². The van der Waals surface area contributed by atoms with Gasteiger partial charge in [-0.3, -0.25) is 4.79 Å². The van der Waals surface area contributed by atoms with Gasteiger partial charge < -0.3 is 15.0 Å². The SMILES string of the molecule is Cc1ccc(C)c(NC(=O)COc2ccc3c(c2)[nH]c2ccccc23)c1. The minimum atomic E-state index is -0.171. The first-order valence-corrected chi connectivity index (χ1v) is 8.60. The Bertz CT molecular complexity index is 1110. The van der Waals surface area contributed by atoms with Crippen LogP contribution in [-0.2, 0) is 4.79 Å². The predicted molar refractivity (Wildman–Crippen MR) is 106 cm³/mol. The first kappa shape index (κ1) is 16.2. The lowest BCUT2D eigenvalue weighted by Gasteiger charge is -2.10. The number of nitrogens with one attached hydrogen (secondary N) is 2. The number of rotatable bonds is 4. The molecular formula is C22H20N2O2. The molecule has 0 aliphatic heterocycles. The Morgan fingerprint density at radius 2 is 1.77 bits per heavy atom. The maximum absolute atomic E-state index is 12.2. The monoisotopic (exact) mass is 344 g/mol. The van der Waals surface area contributed by atoms with Crippen LogP contribution in [0.4, 0.5) is 5.69 Å². The Hall–Kier alpha value is -3.27. The molecule has 0 spiro atoms. The predicted octanol–water partition coefficient (Wildman–Crippen LogP) is 4.96. The van der Waals surface area contributed by atoms with Gasteiger partial charge in [-0.2, -0.15) is 0 Å². The Balaban J connectivity index is 1.48. The van der Waals surface area contributed by atoms with Gasteiger partial charge in [0.25, 0.3) is 5.91 Å². The number of H-pyrrole nitrogens is 1. The van der Waals surface area contributed by atoms with E-state index in [0.29, 0.717) is 5.75 Å². The minimum absolute atomic E-state index is 0.0287. The van der Waals surface area contributed by atoms with Crippen LogP contribution in [0.5, 0.6) is 5.75 Å². The third-order valence-corrected chi connectivity index (χ3v) is 4.51. The first-order chi connectivity index (χ1) is 12.6. The number of aryl methyl sites for hydroxylation is 2. The van der Waals surface area contributed by atoms with E-state index in [2.05, 4.69) is 16.4 Å². The number of hydrogen-bond donors (Lipinski definition) is 2. The number of aromatic nitrogens is 1. The number of ether oxygens (including phenoxy) is 1. The molecule has 0 aliphatic rings. The van der Waals surface area contributed by atoms with Crippen LogP contribution in [0.25, 0.3) is 21.8 Å². The van der Waals surface area contributed by atoms with Crippen molar-refractivity contribution in [2.75, 3.05) is 11.9 Å². The van der Waals surface area contributed by atoms with E-state index in [0.717, 1.165) is 33.2 Å². The molecule has 4 heteroatoms. The largest absolute Gasteiger partial charge is 0.484 e. The second kappa shape index (κ2) is 6.56. The fraction of sp³-hybridized carbons (Fsp3) is 0.136. The van der Waals surface area contributed by atoms with Gasteiger partial charge in [0.15, 0.2) is 6.61 Å². The van der Waals surface area contributed by atoms with Crippen LogP contribution in [0.15, 0.2) is 60.7 Å². The van der Waals surface area contributed by atoms with Gasteiger partial charge in [0.05, 0.1) is 5.52 Å². The van der Waals surface area contributed by atoms with E-state index in [-0.39, 0.29) is 12.5 Å². The maximum atomic E-state index is 12.2. The number of carbonyl (C=O) groups is 1. The van der Waals surface area contributed by atoms with E-state index in [1.807, 2.05) is 68.4 Å². The molecule has 0 bridgehead atoms. The van der Waals surface area contributed by atoms with Crippen molar-refractivity contribution in [3.05, 3.63) is 71.8 Å². The Kier molecular flexibility index (Phi) is 4.09. The molecule has 130 valence electrons. The number of para-hydroxylation sites is 1. The van der Waals surface area contributed by atoms with Gasteiger partial charge in [0.1, 0.15) is 5.75 Å². The number of carbonyl (C=O) groups excluding carboxylic acids is 1. The van der Waals surface area contributed by atoms with Crippen molar-refractivity contribution in [3.63, 3.8) is 0 Å². The van der Waals surface area contributed by atoms with Crippen molar-refractivity contribution < 1.29 is 9.53 Å². The number of hydrogen-bond acceptors (Lipinski definition) is 2. The fourth-order valence-corrected chi connectivity index (χ4v) is 3.13. The summed E-state index contributed by atoms with van der Waals surface area (Å²) in [5.41, 5.74) is 5.05. The smallest absolute Gasteiger partial charge is 0.262 e. The molecule has 2 N–H and O–H groups in total. The molecule has 1 aromatic heterocycles. The highest BCUT2D eigenvalue weighted by Gasteiger charge is 2.08. The summed E-state index contributed by atoms with van der Waals surface area (Å²) in [6.07, 6.45) is 0. The number of amides is 1. The minimum Gasteiger partial charge on any atom is -0.484 e. The third-order valence-electron chi connectivity index (χ3n) is 4.51. The number of aromatic amines is 1. The highest BCUT2D eigenvalue weighted by atomic mass is 16.5. The molecule has 0 atom stereocenters. The standard InChI is InChI=1S/C22H20N2O2/c1-14-7-8-15(2)20(11-14)24-22(25)13-26-16-9-10-18-17-5-3-4-6-19(17)23-21(18)12-16/h3-12,23H,13H2,1-2H3,(H,24,25). The van der Waals surface area contributed by atoms with Crippen LogP contribution in [-0.4, -0.2) is 17.5 Å². The van der Waals surface area contributed by atoms with Gasteiger partial charge in [-0.05, 0) is 49.2 Å². The first-order valence-electron chi connectivity index (χ1n) is 8.60. The molecule has 1 heterocycles. The van der Waals surface area contributed by atoms with Gasteiger partial charge in [-0.25, -0.2) is 0 Å². The summed E-state index contributed by atoms with van der Waals surface area (Å²) in [4.78, 5) is 15.6. The average Bonchev–Trinajstić information content (AvgIpc) is 3.01. The molecule has 0 unspecified atom stereocenters. The van der Waals surface area contributed by atoms with Crippen molar-refractivity contribution in [1.82, 2.24) is 4.98 Å². The Morgan fingerprint density at radius 3 is 2.65 bits per heavy atom. The van der Waals surface area contributed by atoms with Crippen LogP contribution in [0.1, 0.15) is 11.1 Å². The summed E-state index contributed by atoms with van der Waals surface area (Å²) in [6, 6.07) is 20.0. The van der Waals surface area contributed by atoms with Crippen molar-refractivity contribution in [2.45, 2.75) is 13.8 Å². The van der Waals surface area contributed by atoms with Gasteiger partial charge >= 0.3 is 0 Å². The van der Waals surface area contributed by atoms with Gasteiger partial charge in [-0.15, -0.1) is 0 Å². The highest BCUT2D eigenvalue weighted by molar-refractivity contribution is 6.07. The zero-order chi connectivity index (χ0) is 18.1. The summed E-state index contributed by atoms with van der Waals surface area (Å²) < 4.78 is 5.68. The lowest BCUT2D eigenvalue weighted by atomic mass is 10.1. The van der Waals surface area contributed by atoms with Crippen LogP contribution < -0.4 is 10.1 Å². The van der Waals surface area contributed by atoms with Crippen molar-refractivity contribution in [2.24, 2.45) is 0 Å². The van der Waals surface area contributed by atoms with Crippen LogP contribution >= 0.6 is 0 Å². The molecule has 0 radical (unpaired) electrons. The normalized spacial score (nSPS) is 11.0. The van der Waals surface area contributed by atoms with Crippen molar-refractivity contribution in [3.8, 4) is 5.75 Å². The number of anilines is 1. The molecule has 0 saturated carbocycles. The summed E-state index contributed by atoms with van der Waals surface area (Å²) in [5.74, 6) is 0.496. The summed E-state index contributed by atoms with van der Waals surface area (Å²) in [5, 5.41) is 5.24. The van der Waals surface area contributed by atoms with Crippen LogP contribution in [0, 0.1) is 13.8 Å². The number of benzene rings is 3. The van der Waals surface area contributed by atoms with Crippen molar-refractivity contribution >= 4 is 33.4 Å². The van der Waals surface area contributed by atoms with Crippen molar-refractivity contribution in [1.29, 1.82) is 0 Å². The zero-order valence-corrected chi connectivity index (χ0v) is 14.8. The molecule has 0 aliphatic carbocycles. The summed E-state index contributed by atoms with van der Waals surface area (Å²) >= 11 is 0. The summed E-state index contributed by atoms with van der Waals surface area (Å²) in [6.45, 7) is 3.94. The van der Waals surface area contributed by atoms with Gasteiger partial charge in [0.2, 0.25) is 0 Å². The van der Waals surface area contributed by atoms with Gasteiger partial charge in [-0.1, -0.05) is 30.3 Å². The fourth-order valence-electron chi connectivity index (χ4n) is 3.13. The molecule has 26 heavy (non-hydrogen) atoms. The molecular weight excluding hydrogens is 324 g/mol. The molecule has 4 nitrogen and oxygen atoms in total. The second-order valence-corrected chi connectivity index (χ2v) is 6.53. The molecule has 0 fully saturated rings. The topological polar surface area (TPSA) is 54.1 Å². The molecule has 4 aromatic rings. The van der Waals surface area contributed by atoms with E-state index in [1.165, 1.54) is 5.39 Å². The Labute approximate surface area is 151 Å². The lowest BCUT2D eigenvalue weighted by molar-refractivity contribution is -0.118. The molecule has 3 aromatic carbocycles. The molecule has 0 saturated heterocycles. The number of fused-ring (bicyclic) bond motifs is 3. The maximum Gasteiger partial charge on any atom is 0.262 e. The Morgan fingerprint density at radius 1 is 0.962 bits per heavy atom. The van der Waals surface area contributed by atoms with Crippen LogP contribution in [0.3, 0.4) is 0 Å². The van der Waals surface area contributed by atoms with Gasteiger partial charge in [0, 0.05) is 28.0 Å². The molecule has 1 amide bonds. The summed E-state index contributed by atoms with van der Waals surface area (Å²) in [7, 11) is 0. The van der Waals surface area contributed by atoms with E-state index in [1.54, 1.807) is 0 Å². The lowest BCUT2D eigenvalue weighted by Crippen LogP contribution is -2.20. The van der Waals surface area contributed by atoms with E-state index in [4.69, 9.17) is 4.74 Å². The second-order valence-electron chi connectivity index (χ2n) is 6.53. The van der Waals surface area contributed by atoms with E-state index >= 15 is 0 Å². The third kappa shape index (κ3) is 3.14. The zero-order valence-electron chi connectivity index (χ0n) is 14.8. The quantitative estimate of drug-likeness (QED) is 0.550. The average molecular weight is 344 g/mol. The molecule has 4 rings (SSSR count).